The zero-order chi connectivity index (χ0) is 29.7. The molecule has 0 spiro atoms. The predicted molar refractivity (Wildman–Crippen MR) is 134 cm³/mol. The molecule has 0 atom stereocenters. The van der Waals surface area contributed by atoms with Crippen LogP contribution in [0.5, 0.6) is 0 Å². The van der Waals surface area contributed by atoms with E-state index in [1.807, 2.05) is 5.43 Å². The number of hydrogen-bond acceptors (Lipinski definition) is 13. The van der Waals surface area contributed by atoms with Gasteiger partial charge in [-0.2, -0.15) is 15.4 Å². The van der Waals surface area contributed by atoms with Gasteiger partial charge in [-0.3, -0.25) is 53.8 Å². The summed E-state index contributed by atoms with van der Waals surface area (Å²) in [5, 5.41) is 39.6. The summed E-state index contributed by atoms with van der Waals surface area (Å²) in [5.74, 6) is -0.216. The van der Waals surface area contributed by atoms with Gasteiger partial charge in [0.15, 0.2) is 11.4 Å². The van der Waals surface area contributed by atoms with E-state index in [1.54, 1.807) is 19.6 Å². The topological polar surface area (TPSA) is 268 Å². The van der Waals surface area contributed by atoms with E-state index in [2.05, 4.69) is 20.7 Å². The maximum atomic E-state index is 12.7. The quantitative estimate of drug-likeness (QED) is 0.0537. The van der Waals surface area contributed by atoms with Crippen molar-refractivity contribution in [1.82, 2.24) is 45.8 Å². The Labute approximate surface area is 228 Å². The summed E-state index contributed by atoms with van der Waals surface area (Å²) in [6.07, 6.45) is 0. The Kier molecular flexibility index (Phi) is 13.0. The van der Waals surface area contributed by atoms with Crippen molar-refractivity contribution in [2.75, 3.05) is 85.1 Å². The van der Waals surface area contributed by atoms with E-state index >= 15 is 0 Å². The van der Waals surface area contributed by atoms with E-state index in [-0.39, 0.29) is 89.9 Å². The first-order valence-electron chi connectivity index (χ1n) is 12.2. The first kappa shape index (κ1) is 32.2. The number of ketones is 1. The fourth-order valence-corrected chi connectivity index (χ4v) is 3.96. The van der Waals surface area contributed by atoms with Gasteiger partial charge in [0, 0.05) is 52.4 Å². The molecule has 0 radical (unpaired) electrons. The number of hydrazine groups is 1. The molecule has 0 saturated carbocycles. The molecule has 1 aromatic heterocycles. The van der Waals surface area contributed by atoms with Gasteiger partial charge in [0.2, 0.25) is 11.7 Å². The Bertz CT molecular complexity index is 1030. The highest BCUT2D eigenvalue weighted by Crippen LogP contribution is 2.03. The summed E-state index contributed by atoms with van der Waals surface area (Å²) in [7, 11) is 0. The third-order valence-corrected chi connectivity index (χ3v) is 5.98. The number of nitrogens with zero attached hydrogens (tertiary/aromatic N) is 6. The summed E-state index contributed by atoms with van der Waals surface area (Å²) < 4.78 is 0. The lowest BCUT2D eigenvalue weighted by Crippen LogP contribution is -2.50. The molecule has 1 fully saturated rings. The van der Waals surface area contributed by atoms with E-state index in [9.17, 15) is 44.1 Å². The number of nitrogens with one attached hydrogen (secondary N) is 3. The van der Waals surface area contributed by atoms with E-state index in [4.69, 9.17) is 5.84 Å². The van der Waals surface area contributed by atoms with Crippen LogP contribution in [-0.2, 0) is 19.2 Å². The highest BCUT2D eigenvalue weighted by molar-refractivity contribution is 6.06. The van der Waals surface area contributed by atoms with Gasteiger partial charge in [0.25, 0.3) is 5.91 Å². The summed E-state index contributed by atoms with van der Waals surface area (Å²) in [6.45, 7) is 0.362. The largest absolute Gasteiger partial charge is 0.480 e. The molecule has 1 aromatic rings. The van der Waals surface area contributed by atoms with Crippen molar-refractivity contribution < 1.29 is 44.1 Å². The molecule has 1 aliphatic rings. The Balaban J connectivity index is 2.08. The van der Waals surface area contributed by atoms with Gasteiger partial charge in [-0.25, -0.2) is 5.84 Å². The molecule has 2 amide bonds. The van der Waals surface area contributed by atoms with Gasteiger partial charge in [-0.15, -0.1) is 0 Å². The minimum Gasteiger partial charge on any atom is -0.480 e. The van der Waals surface area contributed by atoms with Crippen molar-refractivity contribution >= 4 is 35.5 Å². The van der Waals surface area contributed by atoms with Crippen LogP contribution in [0.15, 0.2) is 0 Å². The van der Waals surface area contributed by atoms with Gasteiger partial charge in [-0.05, 0) is 0 Å². The molecule has 8 N–H and O–H groups in total. The number of Topliss-reactive ketones (excluding diaryl/α,β-unsaturated/α-hetero) is 1. The standard InChI is InChI=1S/C21H34N10O9/c22-24-21(40)20-19(25-27-26-20)14(32)9-23-15(33)10-28-1-3-29(11-16(34)35)5-7-31(13-18(38)39)8-6-30(4-2-28)12-17(36)37/h1-13,22H2,(H,23,33)(H,24,40)(H,34,35)(H,36,37)(H,38,39)(H,25,26,27). The predicted octanol–water partition coefficient (Wildman–Crippen LogP) is -4.82. The average molecular weight is 571 g/mol. The second-order valence-corrected chi connectivity index (χ2v) is 8.98. The lowest BCUT2D eigenvalue weighted by molar-refractivity contribution is -0.140. The van der Waals surface area contributed by atoms with Crippen molar-refractivity contribution in [3.05, 3.63) is 11.4 Å². The number of carboxylic acids is 3. The number of H-pyrrole nitrogens is 1. The number of aromatic amines is 1. The van der Waals surface area contributed by atoms with Crippen molar-refractivity contribution in [1.29, 1.82) is 0 Å². The molecule has 0 unspecified atom stereocenters. The van der Waals surface area contributed by atoms with Crippen LogP contribution in [0, 0.1) is 0 Å². The summed E-state index contributed by atoms with van der Waals surface area (Å²) in [6, 6.07) is 0. The fraction of sp³-hybridized carbons (Fsp3) is 0.619. The first-order chi connectivity index (χ1) is 19.0. The number of carbonyl (C=O) groups excluding carboxylic acids is 3. The number of aliphatic carboxylic acids is 3. The van der Waals surface area contributed by atoms with Crippen LogP contribution in [0.1, 0.15) is 21.0 Å². The molecule has 0 aromatic carbocycles. The molecule has 0 bridgehead atoms. The van der Waals surface area contributed by atoms with Crippen LogP contribution in [0.25, 0.3) is 0 Å². The lowest BCUT2D eigenvalue weighted by atomic mass is 10.2. The minimum absolute atomic E-state index is 0.185. The van der Waals surface area contributed by atoms with Crippen molar-refractivity contribution in [3.8, 4) is 0 Å². The van der Waals surface area contributed by atoms with Crippen molar-refractivity contribution in [2.45, 2.75) is 0 Å². The summed E-state index contributed by atoms with van der Waals surface area (Å²) in [4.78, 5) is 77.4. The molecule has 0 aliphatic carbocycles. The van der Waals surface area contributed by atoms with Gasteiger partial charge in [0.1, 0.15) is 0 Å². The summed E-state index contributed by atoms with van der Waals surface area (Å²) >= 11 is 0. The number of nitrogen functional groups attached to an aromatic ring is 1. The number of nitrogens with two attached hydrogens (primary N) is 1. The molecule has 1 saturated heterocycles. The Hall–Kier alpha value is -4.04. The zero-order valence-electron chi connectivity index (χ0n) is 21.7. The van der Waals surface area contributed by atoms with E-state index in [0.717, 1.165) is 0 Å². The van der Waals surface area contributed by atoms with Crippen LogP contribution in [0.4, 0.5) is 0 Å². The molecule has 40 heavy (non-hydrogen) atoms. The molecular formula is C21H34N10O9. The average Bonchev–Trinajstić information content (AvgIpc) is 3.37. The molecular weight excluding hydrogens is 536 g/mol. The number of aromatic nitrogens is 3. The number of rotatable bonds is 12. The first-order valence-corrected chi connectivity index (χ1v) is 12.2. The van der Waals surface area contributed by atoms with Gasteiger partial charge in [-0.1, -0.05) is 0 Å². The second-order valence-electron chi connectivity index (χ2n) is 8.98. The Morgan fingerprint density at radius 2 is 1.05 bits per heavy atom. The number of carbonyl (C=O) groups is 6. The van der Waals surface area contributed by atoms with Gasteiger partial charge < -0.3 is 20.6 Å². The maximum absolute atomic E-state index is 12.7. The number of hydrogen-bond donors (Lipinski definition) is 7. The number of carboxylic acid groups (broad SMARTS) is 3. The molecule has 1 aliphatic heterocycles. The number of amides is 2. The Morgan fingerprint density at radius 3 is 1.43 bits per heavy atom. The van der Waals surface area contributed by atoms with Gasteiger partial charge >= 0.3 is 17.9 Å². The minimum atomic E-state index is -1.07. The molecule has 2 rings (SSSR count). The van der Waals surface area contributed by atoms with Crippen molar-refractivity contribution in [3.63, 3.8) is 0 Å². The van der Waals surface area contributed by atoms with E-state index in [0.29, 0.717) is 0 Å². The third-order valence-electron chi connectivity index (χ3n) is 5.98. The highest BCUT2D eigenvalue weighted by atomic mass is 16.4. The monoisotopic (exact) mass is 570 g/mol. The van der Waals surface area contributed by atoms with Crippen LogP contribution in [0.3, 0.4) is 0 Å². The second kappa shape index (κ2) is 16.2. The fourth-order valence-electron chi connectivity index (χ4n) is 3.96. The smallest absolute Gasteiger partial charge is 0.317 e. The van der Waals surface area contributed by atoms with E-state index < -0.39 is 42.1 Å². The normalized spacial score (nSPS) is 16.8. The van der Waals surface area contributed by atoms with Gasteiger partial charge in [0.05, 0.1) is 32.7 Å². The highest BCUT2D eigenvalue weighted by Gasteiger charge is 2.24. The van der Waals surface area contributed by atoms with Crippen LogP contribution in [-0.4, -0.2) is 171 Å². The van der Waals surface area contributed by atoms with Crippen LogP contribution >= 0.6 is 0 Å². The molecule has 222 valence electrons. The molecule has 19 nitrogen and oxygen atoms in total. The zero-order valence-corrected chi connectivity index (χ0v) is 21.7. The third kappa shape index (κ3) is 11.4. The lowest BCUT2D eigenvalue weighted by Gasteiger charge is -2.32. The SMILES string of the molecule is NNC(=O)c1n[nH]nc1C(=O)CNC(=O)CN1CCN(CC(=O)O)CCN(CC(=O)O)CCN(CC(=O)O)CC1. The van der Waals surface area contributed by atoms with Crippen LogP contribution < -0.4 is 16.6 Å². The molecule has 2 heterocycles. The Morgan fingerprint density at radius 1 is 0.675 bits per heavy atom. The molecule has 19 heteroatoms. The van der Waals surface area contributed by atoms with E-state index in [1.165, 1.54) is 0 Å². The van der Waals surface area contributed by atoms with Crippen molar-refractivity contribution in [2.24, 2.45) is 5.84 Å². The van der Waals surface area contributed by atoms with Crippen LogP contribution in [0.2, 0.25) is 0 Å². The summed E-state index contributed by atoms with van der Waals surface area (Å²) in [5.41, 5.74) is 1.20. The maximum Gasteiger partial charge on any atom is 0.317 e.